The predicted octanol–water partition coefficient (Wildman–Crippen LogP) is 3.13. The van der Waals surface area contributed by atoms with Gasteiger partial charge < -0.3 is 9.80 Å². The molecule has 0 spiro atoms. The molecule has 0 unspecified atom stereocenters. The maximum absolute atomic E-state index is 6.33. The summed E-state index contributed by atoms with van der Waals surface area (Å²) in [6.07, 6.45) is 2.78. The van der Waals surface area contributed by atoms with Crippen LogP contribution < -0.4 is 9.80 Å². The fraction of sp³-hybridized carbons (Fsp3) is 0.625. The number of halogens is 1. The lowest BCUT2D eigenvalue weighted by atomic mass is 10.2. The van der Waals surface area contributed by atoms with E-state index in [1.165, 1.54) is 11.5 Å². The van der Waals surface area contributed by atoms with E-state index in [9.17, 15) is 0 Å². The minimum Gasteiger partial charge on any atom is -0.354 e. The molecular weight excluding hydrogens is 344 g/mol. The molecule has 0 bridgehead atoms. The lowest BCUT2D eigenvalue weighted by Crippen LogP contribution is -2.32. The molecule has 1 saturated heterocycles. The second-order valence-corrected chi connectivity index (χ2v) is 6.98. The number of anilines is 2. The van der Waals surface area contributed by atoms with Crippen molar-refractivity contribution in [1.29, 1.82) is 0 Å². The summed E-state index contributed by atoms with van der Waals surface area (Å²) in [7, 11) is 0. The van der Waals surface area contributed by atoms with Crippen LogP contribution in [0, 0.1) is 6.92 Å². The van der Waals surface area contributed by atoms with E-state index in [-0.39, 0.29) is 0 Å². The highest BCUT2D eigenvalue weighted by Gasteiger charge is 2.22. The molecule has 3 heterocycles. The van der Waals surface area contributed by atoms with Gasteiger partial charge in [-0.2, -0.15) is 4.37 Å². The summed E-state index contributed by atoms with van der Waals surface area (Å²) < 4.78 is 4.41. The van der Waals surface area contributed by atoms with Crippen molar-refractivity contribution in [3.05, 3.63) is 22.4 Å². The molecule has 0 aromatic carbocycles. The van der Waals surface area contributed by atoms with Gasteiger partial charge in [0.05, 0.1) is 0 Å². The quantitative estimate of drug-likeness (QED) is 0.775. The number of aromatic nitrogens is 4. The van der Waals surface area contributed by atoms with Crippen molar-refractivity contribution in [3.63, 3.8) is 0 Å². The Kier molecular flexibility index (Phi) is 5.50. The van der Waals surface area contributed by atoms with Gasteiger partial charge in [0.25, 0.3) is 0 Å². The highest BCUT2D eigenvalue weighted by molar-refractivity contribution is 7.09. The molecule has 24 heavy (non-hydrogen) atoms. The van der Waals surface area contributed by atoms with Gasteiger partial charge in [-0.05, 0) is 19.8 Å². The maximum Gasteiger partial charge on any atom is 0.205 e. The van der Waals surface area contributed by atoms with Crippen LogP contribution in [-0.4, -0.2) is 45.5 Å². The van der Waals surface area contributed by atoms with E-state index in [0.29, 0.717) is 5.15 Å². The fourth-order valence-electron chi connectivity index (χ4n) is 2.95. The number of hydrogen-bond donors (Lipinski definition) is 0. The molecule has 130 valence electrons. The summed E-state index contributed by atoms with van der Waals surface area (Å²) >= 11 is 7.83. The second kappa shape index (κ2) is 7.61. The van der Waals surface area contributed by atoms with Crippen molar-refractivity contribution in [2.45, 2.75) is 40.0 Å². The van der Waals surface area contributed by atoms with Crippen LogP contribution in [0.2, 0.25) is 5.15 Å². The van der Waals surface area contributed by atoms with Gasteiger partial charge in [0, 0.05) is 49.7 Å². The highest BCUT2D eigenvalue weighted by Crippen LogP contribution is 2.27. The van der Waals surface area contributed by atoms with Crippen LogP contribution in [0.1, 0.15) is 37.5 Å². The Bertz CT molecular complexity index is 704. The molecule has 2 aromatic heterocycles. The Labute approximate surface area is 152 Å². The molecule has 1 fully saturated rings. The summed E-state index contributed by atoms with van der Waals surface area (Å²) in [5, 5.41) is 1.61. The molecule has 1 aliphatic heterocycles. The Morgan fingerprint density at radius 2 is 1.75 bits per heavy atom. The third-order valence-corrected chi connectivity index (χ3v) is 5.37. The van der Waals surface area contributed by atoms with E-state index in [2.05, 4.69) is 43.0 Å². The predicted molar refractivity (Wildman–Crippen MR) is 99.5 cm³/mol. The van der Waals surface area contributed by atoms with Gasteiger partial charge in [-0.15, -0.1) is 0 Å². The van der Waals surface area contributed by atoms with Crippen LogP contribution in [0.3, 0.4) is 0 Å². The number of hydrogen-bond acceptors (Lipinski definition) is 7. The van der Waals surface area contributed by atoms with Gasteiger partial charge in [0.1, 0.15) is 22.6 Å². The second-order valence-electron chi connectivity index (χ2n) is 5.89. The Morgan fingerprint density at radius 3 is 2.46 bits per heavy atom. The number of aryl methyl sites for hydroxylation is 2. The molecule has 0 saturated carbocycles. The molecule has 6 nitrogen and oxygen atoms in total. The monoisotopic (exact) mass is 366 g/mol. The van der Waals surface area contributed by atoms with E-state index >= 15 is 0 Å². The highest BCUT2D eigenvalue weighted by atomic mass is 35.5. The van der Waals surface area contributed by atoms with Crippen LogP contribution >= 0.6 is 23.1 Å². The molecule has 0 aliphatic carbocycles. The minimum atomic E-state index is 0.581. The average molecular weight is 367 g/mol. The molecular formula is C16H23ClN6S. The van der Waals surface area contributed by atoms with Crippen molar-refractivity contribution in [2.75, 3.05) is 36.0 Å². The van der Waals surface area contributed by atoms with Crippen molar-refractivity contribution in [3.8, 4) is 0 Å². The van der Waals surface area contributed by atoms with Gasteiger partial charge >= 0.3 is 0 Å². The molecule has 0 atom stereocenters. The summed E-state index contributed by atoms with van der Waals surface area (Å²) in [4.78, 5) is 18.3. The third kappa shape index (κ3) is 3.62. The maximum atomic E-state index is 6.33. The van der Waals surface area contributed by atoms with Crippen molar-refractivity contribution in [1.82, 2.24) is 19.3 Å². The first-order valence-corrected chi connectivity index (χ1v) is 9.63. The molecule has 2 aromatic rings. The third-order valence-electron chi connectivity index (χ3n) is 4.24. The first-order chi connectivity index (χ1) is 11.6. The number of nitrogens with zero attached hydrogens (tertiary/aromatic N) is 6. The van der Waals surface area contributed by atoms with Gasteiger partial charge in [0.15, 0.2) is 0 Å². The van der Waals surface area contributed by atoms with Gasteiger partial charge in [-0.25, -0.2) is 15.0 Å². The summed E-state index contributed by atoms with van der Waals surface area (Å²) in [6, 6.07) is 0. The zero-order valence-corrected chi connectivity index (χ0v) is 16.0. The van der Waals surface area contributed by atoms with E-state index in [1.807, 2.05) is 6.92 Å². The van der Waals surface area contributed by atoms with Crippen molar-refractivity contribution < 1.29 is 0 Å². The van der Waals surface area contributed by atoms with Crippen LogP contribution in [0.25, 0.3) is 0 Å². The first-order valence-electron chi connectivity index (χ1n) is 8.47. The van der Waals surface area contributed by atoms with E-state index < -0.39 is 0 Å². The Hall–Kier alpha value is -1.47. The zero-order valence-electron chi connectivity index (χ0n) is 14.4. The molecule has 0 radical (unpaired) electrons. The number of rotatable bonds is 4. The largest absolute Gasteiger partial charge is 0.354 e. The lowest BCUT2D eigenvalue weighted by molar-refractivity contribution is 0.782. The van der Waals surface area contributed by atoms with Crippen LogP contribution in [0.5, 0.6) is 0 Å². The van der Waals surface area contributed by atoms with E-state index in [4.69, 9.17) is 11.6 Å². The fourth-order valence-corrected chi connectivity index (χ4v) is 4.09. The SMILES string of the molecule is CCc1nsc(N2CCCN(c3nc(C)nc(Cl)c3CC)CC2)n1. The molecule has 0 amide bonds. The summed E-state index contributed by atoms with van der Waals surface area (Å²) in [5.74, 6) is 2.65. The first kappa shape index (κ1) is 17.4. The van der Waals surface area contributed by atoms with Gasteiger partial charge in [-0.1, -0.05) is 25.4 Å². The standard InChI is InChI=1S/C16H23ClN6S/c1-4-12-14(17)18-11(3)19-15(12)22-7-6-8-23(10-9-22)16-20-13(5-2)21-24-16/h4-10H2,1-3H3. The minimum absolute atomic E-state index is 0.581. The zero-order chi connectivity index (χ0) is 17.1. The molecule has 8 heteroatoms. The smallest absolute Gasteiger partial charge is 0.205 e. The van der Waals surface area contributed by atoms with E-state index in [1.54, 1.807) is 0 Å². The van der Waals surface area contributed by atoms with Crippen LogP contribution in [0.15, 0.2) is 0 Å². The molecule has 1 aliphatic rings. The molecule has 0 N–H and O–H groups in total. The summed E-state index contributed by atoms with van der Waals surface area (Å²) in [5.41, 5.74) is 1.04. The average Bonchev–Trinajstić information content (AvgIpc) is 2.91. The topological polar surface area (TPSA) is 58.0 Å². The van der Waals surface area contributed by atoms with Crippen LogP contribution in [0.4, 0.5) is 10.9 Å². The molecule has 3 rings (SSSR count). The van der Waals surface area contributed by atoms with Crippen molar-refractivity contribution in [2.24, 2.45) is 0 Å². The van der Waals surface area contributed by atoms with Gasteiger partial charge in [-0.3, -0.25) is 0 Å². The lowest BCUT2D eigenvalue weighted by Gasteiger charge is -2.25. The van der Waals surface area contributed by atoms with E-state index in [0.717, 1.165) is 73.6 Å². The summed E-state index contributed by atoms with van der Waals surface area (Å²) in [6.45, 7) is 9.86. The Morgan fingerprint density at radius 1 is 1.00 bits per heavy atom. The van der Waals surface area contributed by atoms with Crippen molar-refractivity contribution >= 4 is 34.1 Å². The normalized spacial score (nSPS) is 15.7. The Balaban J connectivity index is 1.78. The van der Waals surface area contributed by atoms with Crippen LogP contribution in [-0.2, 0) is 12.8 Å². The van der Waals surface area contributed by atoms with Gasteiger partial charge in [0.2, 0.25) is 5.13 Å².